The van der Waals surface area contributed by atoms with Gasteiger partial charge in [-0.1, -0.05) is 12.1 Å². The molecule has 21 heavy (non-hydrogen) atoms. The molecule has 1 unspecified atom stereocenters. The van der Waals surface area contributed by atoms with Crippen molar-refractivity contribution in [1.82, 2.24) is 4.90 Å². The second-order valence-electron chi connectivity index (χ2n) is 6.57. The lowest BCUT2D eigenvalue weighted by atomic mass is 10.0. The number of thioether (sulfide) groups is 1. The highest BCUT2D eigenvalue weighted by Gasteiger charge is 2.31. The van der Waals surface area contributed by atoms with Crippen molar-refractivity contribution in [3.8, 4) is 5.75 Å². The zero-order chi connectivity index (χ0) is 15.5. The average molecular weight is 308 g/mol. The molecule has 1 saturated heterocycles. The van der Waals surface area contributed by atoms with Crippen molar-refractivity contribution in [2.45, 2.75) is 44.6 Å². The van der Waals surface area contributed by atoms with E-state index in [1.165, 1.54) is 11.3 Å². The van der Waals surface area contributed by atoms with Gasteiger partial charge in [0, 0.05) is 36.2 Å². The molecule has 1 aliphatic heterocycles. The van der Waals surface area contributed by atoms with Crippen molar-refractivity contribution in [2.24, 2.45) is 5.73 Å². The first-order valence-corrected chi connectivity index (χ1v) is 8.74. The minimum Gasteiger partial charge on any atom is -0.491 e. The standard InChI is InChI=1S/C17H28N2OS/c1-13(2)20-15-7-5-14(6-8-15)16(11-18)19-9-10-21-17(3,4)12-19/h5-8,13,16H,9-12,18H2,1-4H3. The molecule has 2 N–H and O–H groups in total. The number of nitrogens with two attached hydrogens (primary N) is 1. The van der Waals surface area contributed by atoms with Crippen LogP contribution in [0.2, 0.25) is 0 Å². The van der Waals surface area contributed by atoms with Crippen LogP contribution >= 0.6 is 11.8 Å². The largest absolute Gasteiger partial charge is 0.491 e. The Kier molecular flexibility index (Phi) is 5.58. The minimum atomic E-state index is 0.209. The Balaban J connectivity index is 2.10. The second-order valence-corrected chi connectivity index (χ2v) is 8.37. The lowest BCUT2D eigenvalue weighted by molar-refractivity contribution is 0.192. The molecule has 4 heteroatoms. The summed E-state index contributed by atoms with van der Waals surface area (Å²) in [5.41, 5.74) is 7.35. The van der Waals surface area contributed by atoms with Crippen molar-refractivity contribution < 1.29 is 4.74 Å². The third kappa shape index (κ3) is 4.63. The molecule has 1 aromatic carbocycles. The van der Waals surface area contributed by atoms with E-state index in [0.717, 1.165) is 18.8 Å². The summed E-state index contributed by atoms with van der Waals surface area (Å²) >= 11 is 2.05. The van der Waals surface area contributed by atoms with Crippen LogP contribution in [0.15, 0.2) is 24.3 Å². The average Bonchev–Trinajstić information content (AvgIpc) is 2.40. The Morgan fingerprint density at radius 1 is 1.29 bits per heavy atom. The lowest BCUT2D eigenvalue weighted by Gasteiger charge is -2.41. The number of hydrogen-bond donors (Lipinski definition) is 1. The molecule has 1 aliphatic rings. The maximum atomic E-state index is 6.06. The van der Waals surface area contributed by atoms with E-state index in [4.69, 9.17) is 10.5 Å². The summed E-state index contributed by atoms with van der Waals surface area (Å²) in [6.07, 6.45) is 0.209. The Morgan fingerprint density at radius 3 is 2.48 bits per heavy atom. The van der Waals surface area contributed by atoms with E-state index >= 15 is 0 Å². The van der Waals surface area contributed by atoms with Crippen molar-refractivity contribution >= 4 is 11.8 Å². The summed E-state index contributed by atoms with van der Waals surface area (Å²) in [6, 6.07) is 8.73. The summed E-state index contributed by atoms with van der Waals surface area (Å²) in [6.45, 7) is 11.6. The molecule has 0 aromatic heterocycles. The molecule has 0 bridgehead atoms. The maximum Gasteiger partial charge on any atom is 0.119 e. The molecule has 1 fully saturated rings. The fraction of sp³-hybridized carbons (Fsp3) is 0.647. The lowest BCUT2D eigenvalue weighted by Crippen LogP contribution is -2.46. The van der Waals surface area contributed by atoms with Crippen LogP contribution in [-0.4, -0.2) is 41.1 Å². The van der Waals surface area contributed by atoms with E-state index in [2.05, 4.69) is 54.8 Å². The number of rotatable bonds is 5. The number of benzene rings is 1. The van der Waals surface area contributed by atoms with Gasteiger partial charge >= 0.3 is 0 Å². The van der Waals surface area contributed by atoms with Gasteiger partial charge in [0.15, 0.2) is 0 Å². The van der Waals surface area contributed by atoms with Gasteiger partial charge < -0.3 is 10.5 Å². The Morgan fingerprint density at radius 2 is 1.95 bits per heavy atom. The highest BCUT2D eigenvalue weighted by molar-refractivity contribution is 8.00. The van der Waals surface area contributed by atoms with E-state index in [1.807, 2.05) is 13.8 Å². The summed E-state index contributed by atoms with van der Waals surface area (Å²) in [7, 11) is 0. The van der Waals surface area contributed by atoms with Gasteiger partial charge in [-0.25, -0.2) is 0 Å². The highest BCUT2D eigenvalue weighted by atomic mass is 32.2. The van der Waals surface area contributed by atoms with Gasteiger partial charge in [-0.15, -0.1) is 0 Å². The maximum absolute atomic E-state index is 6.06. The van der Waals surface area contributed by atoms with Crippen LogP contribution in [0.25, 0.3) is 0 Å². The Bertz CT molecular complexity index is 445. The first-order valence-electron chi connectivity index (χ1n) is 7.76. The van der Waals surface area contributed by atoms with Crippen molar-refractivity contribution in [2.75, 3.05) is 25.4 Å². The molecule has 118 valence electrons. The number of hydrogen-bond acceptors (Lipinski definition) is 4. The Hall–Kier alpha value is -0.710. The highest BCUT2D eigenvalue weighted by Crippen LogP contribution is 2.34. The molecular weight excluding hydrogens is 280 g/mol. The van der Waals surface area contributed by atoms with E-state index < -0.39 is 0 Å². The van der Waals surface area contributed by atoms with Gasteiger partial charge in [-0.05, 0) is 45.4 Å². The minimum absolute atomic E-state index is 0.209. The predicted molar refractivity (Wildman–Crippen MR) is 92.1 cm³/mol. The second kappa shape index (κ2) is 7.03. The molecule has 1 heterocycles. The summed E-state index contributed by atoms with van der Waals surface area (Å²) in [5, 5.41) is 0. The van der Waals surface area contributed by atoms with Gasteiger partial charge in [0.1, 0.15) is 5.75 Å². The van der Waals surface area contributed by atoms with Crippen molar-refractivity contribution in [3.05, 3.63) is 29.8 Å². The molecule has 0 spiro atoms. The normalized spacial score (nSPS) is 20.5. The van der Waals surface area contributed by atoms with Crippen LogP contribution in [0.4, 0.5) is 0 Å². The third-order valence-corrected chi connectivity index (χ3v) is 5.05. The van der Waals surface area contributed by atoms with Gasteiger partial charge in [0.05, 0.1) is 6.10 Å². The summed E-state index contributed by atoms with van der Waals surface area (Å²) < 4.78 is 6.02. The monoisotopic (exact) mass is 308 g/mol. The van der Waals surface area contributed by atoms with Crippen LogP contribution in [0, 0.1) is 0 Å². The number of nitrogens with zero attached hydrogens (tertiary/aromatic N) is 1. The summed E-state index contributed by atoms with van der Waals surface area (Å²) in [4.78, 5) is 2.52. The van der Waals surface area contributed by atoms with Crippen molar-refractivity contribution in [3.63, 3.8) is 0 Å². The van der Waals surface area contributed by atoms with Crippen LogP contribution in [0.1, 0.15) is 39.3 Å². The quantitative estimate of drug-likeness (QED) is 0.906. The zero-order valence-electron chi connectivity index (χ0n) is 13.6. The fourth-order valence-corrected chi connectivity index (χ4v) is 3.99. The third-order valence-electron chi connectivity index (χ3n) is 3.76. The molecular formula is C17H28N2OS. The molecule has 0 saturated carbocycles. The Labute approximate surface area is 133 Å². The van der Waals surface area contributed by atoms with E-state index in [0.29, 0.717) is 17.3 Å². The van der Waals surface area contributed by atoms with Gasteiger partial charge in [0.25, 0.3) is 0 Å². The van der Waals surface area contributed by atoms with Crippen LogP contribution in [-0.2, 0) is 0 Å². The molecule has 1 aromatic rings. The molecule has 0 radical (unpaired) electrons. The topological polar surface area (TPSA) is 38.5 Å². The fourth-order valence-electron chi connectivity index (χ4n) is 2.86. The van der Waals surface area contributed by atoms with Crippen molar-refractivity contribution in [1.29, 1.82) is 0 Å². The van der Waals surface area contributed by atoms with Gasteiger partial charge in [-0.2, -0.15) is 11.8 Å². The first kappa shape index (κ1) is 16.7. The molecule has 0 aliphatic carbocycles. The first-order chi connectivity index (χ1) is 9.91. The molecule has 3 nitrogen and oxygen atoms in total. The number of ether oxygens (including phenoxy) is 1. The van der Waals surface area contributed by atoms with E-state index in [9.17, 15) is 0 Å². The van der Waals surface area contributed by atoms with Crippen LogP contribution < -0.4 is 10.5 Å². The zero-order valence-corrected chi connectivity index (χ0v) is 14.5. The molecule has 1 atom stereocenters. The van der Waals surface area contributed by atoms with Crippen LogP contribution in [0.5, 0.6) is 5.75 Å². The van der Waals surface area contributed by atoms with Gasteiger partial charge in [-0.3, -0.25) is 4.90 Å². The SMILES string of the molecule is CC(C)Oc1ccc(C(CN)N2CCSC(C)(C)C2)cc1. The smallest absolute Gasteiger partial charge is 0.119 e. The molecule has 0 amide bonds. The van der Waals surface area contributed by atoms with Crippen LogP contribution in [0.3, 0.4) is 0 Å². The molecule has 2 rings (SSSR count). The summed E-state index contributed by atoms with van der Waals surface area (Å²) in [5.74, 6) is 2.11. The van der Waals surface area contributed by atoms with E-state index in [-0.39, 0.29) is 6.10 Å². The predicted octanol–water partition coefficient (Wildman–Crippen LogP) is 3.30. The van der Waals surface area contributed by atoms with Gasteiger partial charge in [0.2, 0.25) is 0 Å². The van der Waals surface area contributed by atoms with E-state index in [1.54, 1.807) is 0 Å².